The van der Waals surface area contributed by atoms with Gasteiger partial charge in [-0.15, -0.1) is 0 Å². The quantitative estimate of drug-likeness (QED) is 0.454. The summed E-state index contributed by atoms with van der Waals surface area (Å²) in [6.07, 6.45) is -4.81. The Morgan fingerprint density at radius 1 is 1.47 bits per heavy atom. The number of hydrogen-bond acceptors (Lipinski definition) is 5. The van der Waals surface area contributed by atoms with E-state index < -0.39 is 34.1 Å². The average Bonchev–Trinajstić information content (AvgIpc) is 2.26. The van der Waals surface area contributed by atoms with Crippen molar-refractivity contribution in [3.8, 4) is 0 Å². The van der Waals surface area contributed by atoms with Gasteiger partial charge in [0.15, 0.2) is 0 Å². The Kier molecular flexibility index (Phi) is 3.30. The first-order valence-electron chi connectivity index (χ1n) is 4.07. The van der Waals surface area contributed by atoms with Crippen molar-refractivity contribution in [2.75, 3.05) is 7.11 Å². The molecule has 1 aromatic rings. The van der Waals surface area contributed by atoms with Crippen molar-refractivity contribution in [1.82, 2.24) is 4.98 Å². The number of pyridine rings is 1. The van der Waals surface area contributed by atoms with Crippen molar-refractivity contribution >= 4 is 11.8 Å². The molecule has 0 aliphatic heterocycles. The number of esters is 1. The van der Waals surface area contributed by atoms with Crippen LogP contribution in [0.15, 0.2) is 12.1 Å². The molecule has 0 aliphatic carbocycles. The molecule has 0 bridgehead atoms. The second kappa shape index (κ2) is 4.36. The third-order valence-corrected chi connectivity index (χ3v) is 1.72. The molecule has 0 aromatic carbocycles. The second-order valence-corrected chi connectivity index (χ2v) is 2.85. The zero-order chi connectivity index (χ0) is 13.2. The van der Waals surface area contributed by atoms with E-state index in [4.69, 9.17) is 0 Å². The van der Waals surface area contributed by atoms with Crippen LogP contribution in [0, 0.1) is 10.1 Å². The normalized spacial score (nSPS) is 11.1. The first-order chi connectivity index (χ1) is 7.75. The number of halogens is 3. The summed E-state index contributed by atoms with van der Waals surface area (Å²) >= 11 is 0. The summed E-state index contributed by atoms with van der Waals surface area (Å²) in [4.78, 5) is 23.4. The molecular weight excluding hydrogens is 245 g/mol. The standard InChI is InChI=1S/C8H5F3N2O4/c1-17-7(14)5-2-4(8(9,10)11)3-6(12-5)13(15)16/h2-3H,1H3. The Balaban J connectivity index is 3.39. The number of nitrogens with zero attached hydrogens (tertiary/aromatic N) is 2. The van der Waals surface area contributed by atoms with E-state index in [1.807, 2.05) is 0 Å². The summed E-state index contributed by atoms with van der Waals surface area (Å²) in [6.45, 7) is 0. The molecule has 0 atom stereocenters. The largest absolute Gasteiger partial charge is 0.463 e. The Morgan fingerprint density at radius 3 is 2.47 bits per heavy atom. The SMILES string of the molecule is COC(=O)c1cc(C(F)(F)F)cc([N+](=O)[O-])n1. The van der Waals surface area contributed by atoms with Gasteiger partial charge in [-0.1, -0.05) is 0 Å². The highest BCUT2D eigenvalue weighted by Crippen LogP contribution is 2.31. The molecule has 0 aliphatic rings. The summed E-state index contributed by atoms with van der Waals surface area (Å²) in [5.41, 5.74) is -2.10. The van der Waals surface area contributed by atoms with Gasteiger partial charge in [-0.3, -0.25) is 0 Å². The Labute approximate surface area is 92.2 Å². The average molecular weight is 250 g/mol. The van der Waals surface area contributed by atoms with Crippen LogP contribution in [0.4, 0.5) is 19.0 Å². The number of alkyl halides is 3. The summed E-state index contributed by atoms with van der Waals surface area (Å²) in [5.74, 6) is -2.25. The lowest BCUT2D eigenvalue weighted by molar-refractivity contribution is -0.389. The number of methoxy groups -OCH3 is 1. The minimum absolute atomic E-state index is 0.242. The molecule has 0 amide bonds. The molecule has 0 unspecified atom stereocenters. The van der Waals surface area contributed by atoms with Gasteiger partial charge in [-0.2, -0.15) is 13.2 Å². The molecule has 1 heterocycles. The fourth-order valence-corrected chi connectivity index (χ4v) is 0.982. The lowest BCUT2D eigenvalue weighted by Gasteiger charge is -2.06. The van der Waals surface area contributed by atoms with Gasteiger partial charge in [-0.25, -0.2) is 4.79 Å². The van der Waals surface area contributed by atoms with Crippen LogP contribution in [-0.2, 0) is 10.9 Å². The molecule has 0 N–H and O–H groups in total. The number of nitro groups is 1. The van der Waals surface area contributed by atoms with Crippen molar-refractivity contribution in [2.24, 2.45) is 0 Å². The van der Waals surface area contributed by atoms with Crippen molar-refractivity contribution < 1.29 is 27.6 Å². The number of rotatable bonds is 2. The van der Waals surface area contributed by atoms with Crippen LogP contribution >= 0.6 is 0 Å². The highest BCUT2D eigenvalue weighted by molar-refractivity contribution is 5.87. The Morgan fingerprint density at radius 2 is 2.06 bits per heavy atom. The fraction of sp³-hybridized carbons (Fsp3) is 0.250. The smallest absolute Gasteiger partial charge is 0.416 e. The van der Waals surface area contributed by atoms with Gasteiger partial charge >= 0.3 is 18.0 Å². The first-order valence-corrected chi connectivity index (χ1v) is 4.07. The molecule has 92 valence electrons. The van der Waals surface area contributed by atoms with E-state index in [2.05, 4.69) is 9.72 Å². The molecule has 0 saturated heterocycles. The maximum atomic E-state index is 12.4. The molecule has 9 heteroatoms. The highest BCUT2D eigenvalue weighted by atomic mass is 19.4. The van der Waals surface area contributed by atoms with Gasteiger partial charge in [-0.05, 0) is 9.91 Å². The molecular formula is C8H5F3N2O4. The van der Waals surface area contributed by atoms with Crippen molar-refractivity contribution in [3.05, 3.63) is 33.5 Å². The predicted octanol–water partition coefficient (Wildman–Crippen LogP) is 1.80. The van der Waals surface area contributed by atoms with E-state index >= 15 is 0 Å². The van der Waals surface area contributed by atoms with Crippen LogP contribution in [0.1, 0.15) is 16.1 Å². The van der Waals surface area contributed by atoms with Crippen molar-refractivity contribution in [2.45, 2.75) is 6.18 Å². The van der Waals surface area contributed by atoms with E-state index in [1.165, 1.54) is 0 Å². The van der Waals surface area contributed by atoms with Gasteiger partial charge < -0.3 is 14.9 Å². The van der Waals surface area contributed by atoms with E-state index in [0.29, 0.717) is 6.07 Å². The Bertz CT molecular complexity index is 472. The summed E-state index contributed by atoms with van der Waals surface area (Å²) < 4.78 is 41.3. The van der Waals surface area contributed by atoms with Crippen LogP contribution < -0.4 is 0 Å². The number of carbonyl (C=O) groups is 1. The van der Waals surface area contributed by atoms with Crippen LogP contribution in [0.3, 0.4) is 0 Å². The number of ether oxygens (including phenoxy) is 1. The molecule has 0 spiro atoms. The van der Waals surface area contributed by atoms with E-state index in [-0.39, 0.29) is 6.07 Å². The summed E-state index contributed by atoms with van der Waals surface area (Å²) in [6, 6.07) is 0.630. The van der Waals surface area contributed by atoms with Crippen molar-refractivity contribution in [1.29, 1.82) is 0 Å². The maximum absolute atomic E-state index is 12.4. The van der Waals surface area contributed by atoms with Crippen LogP contribution in [0.25, 0.3) is 0 Å². The molecule has 6 nitrogen and oxygen atoms in total. The van der Waals surface area contributed by atoms with E-state index in [9.17, 15) is 28.1 Å². The van der Waals surface area contributed by atoms with Gasteiger partial charge in [0.05, 0.1) is 12.7 Å². The van der Waals surface area contributed by atoms with E-state index in [1.54, 1.807) is 0 Å². The molecule has 17 heavy (non-hydrogen) atoms. The zero-order valence-electron chi connectivity index (χ0n) is 8.32. The van der Waals surface area contributed by atoms with Gasteiger partial charge in [0.1, 0.15) is 0 Å². The minimum Gasteiger partial charge on any atom is -0.463 e. The van der Waals surface area contributed by atoms with Gasteiger partial charge in [0, 0.05) is 12.1 Å². The second-order valence-electron chi connectivity index (χ2n) is 2.85. The predicted molar refractivity (Wildman–Crippen MR) is 47.2 cm³/mol. The lowest BCUT2D eigenvalue weighted by atomic mass is 10.2. The zero-order valence-corrected chi connectivity index (χ0v) is 8.32. The number of aromatic nitrogens is 1. The van der Waals surface area contributed by atoms with Crippen LogP contribution in [0.5, 0.6) is 0 Å². The van der Waals surface area contributed by atoms with E-state index in [0.717, 1.165) is 7.11 Å². The van der Waals surface area contributed by atoms with Crippen LogP contribution in [0.2, 0.25) is 0 Å². The maximum Gasteiger partial charge on any atom is 0.416 e. The van der Waals surface area contributed by atoms with Gasteiger partial charge in [0.25, 0.3) is 5.69 Å². The molecule has 1 rings (SSSR count). The summed E-state index contributed by atoms with van der Waals surface area (Å²) in [7, 11) is 0.927. The molecule has 1 aromatic heterocycles. The number of carbonyl (C=O) groups excluding carboxylic acids is 1. The number of hydrogen-bond donors (Lipinski definition) is 0. The third-order valence-electron chi connectivity index (χ3n) is 1.72. The monoisotopic (exact) mass is 250 g/mol. The molecule has 0 saturated carbocycles. The highest BCUT2D eigenvalue weighted by Gasteiger charge is 2.35. The lowest BCUT2D eigenvalue weighted by Crippen LogP contribution is -2.12. The minimum atomic E-state index is -4.81. The Hall–Kier alpha value is -2.19. The topological polar surface area (TPSA) is 82.3 Å². The molecule has 0 fully saturated rings. The summed E-state index contributed by atoms with van der Waals surface area (Å²) in [5, 5.41) is 10.4. The first kappa shape index (κ1) is 12.9. The van der Waals surface area contributed by atoms with Crippen LogP contribution in [-0.4, -0.2) is 23.0 Å². The third kappa shape index (κ3) is 2.89. The molecule has 0 radical (unpaired) electrons. The van der Waals surface area contributed by atoms with Crippen molar-refractivity contribution in [3.63, 3.8) is 0 Å². The van der Waals surface area contributed by atoms with Gasteiger partial charge in [0.2, 0.25) is 0 Å². The fourth-order valence-electron chi connectivity index (χ4n) is 0.982.